The van der Waals surface area contributed by atoms with Gasteiger partial charge in [-0.25, -0.2) is 0 Å². The Morgan fingerprint density at radius 1 is 1.07 bits per heavy atom. The molecule has 0 saturated carbocycles. The van der Waals surface area contributed by atoms with Gasteiger partial charge in [-0.3, -0.25) is 0 Å². The van der Waals surface area contributed by atoms with Crippen molar-refractivity contribution in [1.82, 2.24) is 0 Å². The quantitative estimate of drug-likeness (QED) is 0.620. The van der Waals surface area contributed by atoms with Crippen molar-refractivity contribution >= 4 is 27.6 Å². The molecule has 1 aliphatic rings. The summed E-state index contributed by atoms with van der Waals surface area (Å²) in [5.41, 5.74) is 4.32. The van der Waals surface area contributed by atoms with Crippen LogP contribution in [0.3, 0.4) is 0 Å². The molecule has 1 fully saturated rings. The van der Waals surface area contributed by atoms with Crippen molar-refractivity contribution < 1.29 is 0 Å². The first kappa shape index (κ1) is 11.1. The van der Waals surface area contributed by atoms with Crippen LogP contribution in [0.1, 0.15) is 30.4 Å². The molecule has 1 heterocycles. The summed E-state index contributed by atoms with van der Waals surface area (Å²) in [4.78, 5) is 2.55. The van der Waals surface area contributed by atoms with E-state index in [0.717, 1.165) is 0 Å². The average molecular weight is 195 g/mol. The Morgan fingerprint density at radius 2 is 1.73 bits per heavy atom. The van der Waals surface area contributed by atoms with Gasteiger partial charge >= 0.3 is 102 Å². The number of benzene rings is 1. The standard InChI is InChI=1S/C13H18N.Li/c1-11-6-7-13(10-12(11)2)14-8-4-3-5-9-14;/h6-7H,3-5,8-9H2,1-2H3;. The molecule has 1 aromatic carbocycles. The average Bonchev–Trinajstić information content (AvgIpc) is 2.27. The molecule has 0 N–H and O–H groups in total. The molecule has 0 atom stereocenters. The van der Waals surface area contributed by atoms with Gasteiger partial charge in [0.25, 0.3) is 0 Å². The minimum absolute atomic E-state index is 1.24. The first-order valence-corrected chi connectivity index (χ1v) is 6.02. The van der Waals surface area contributed by atoms with E-state index < -0.39 is 0 Å². The number of hydrogen-bond donors (Lipinski definition) is 0. The van der Waals surface area contributed by atoms with Gasteiger partial charge in [-0.2, -0.15) is 0 Å². The summed E-state index contributed by atoms with van der Waals surface area (Å²) in [6.45, 7) is 6.91. The Morgan fingerprint density at radius 3 is 2.40 bits per heavy atom. The molecule has 1 aliphatic heterocycles. The van der Waals surface area contributed by atoms with E-state index in [1.807, 2.05) is 0 Å². The van der Waals surface area contributed by atoms with Gasteiger partial charge in [-0.15, -0.1) is 0 Å². The first-order valence-electron chi connectivity index (χ1n) is 6.02. The Hall–Kier alpha value is -0.383. The zero-order valence-corrected chi connectivity index (χ0v) is 10.1. The third kappa shape index (κ3) is 2.24. The molecule has 0 amide bonds. The molecule has 0 bridgehead atoms. The van der Waals surface area contributed by atoms with Crippen LogP contribution in [0.15, 0.2) is 12.1 Å². The minimum atomic E-state index is 1.24. The topological polar surface area (TPSA) is 3.24 Å². The van der Waals surface area contributed by atoms with Crippen LogP contribution in [-0.4, -0.2) is 30.8 Å². The monoisotopic (exact) mass is 195 g/mol. The van der Waals surface area contributed by atoms with Crippen molar-refractivity contribution in [2.45, 2.75) is 33.1 Å². The first-order chi connectivity index (χ1) is 7.20. The maximum absolute atomic E-state index is 2.55. The number of piperidine rings is 1. The van der Waals surface area contributed by atoms with Crippen LogP contribution in [-0.2, 0) is 0 Å². The van der Waals surface area contributed by atoms with E-state index in [0.29, 0.717) is 0 Å². The molecule has 1 nitrogen and oxygen atoms in total. The van der Waals surface area contributed by atoms with Crippen molar-refractivity contribution in [3.8, 4) is 0 Å². The number of hydrogen-bond acceptors (Lipinski definition) is 1. The van der Waals surface area contributed by atoms with Crippen molar-refractivity contribution in [2.75, 3.05) is 18.0 Å². The fourth-order valence-corrected chi connectivity index (χ4v) is 2.42. The van der Waals surface area contributed by atoms with Crippen molar-refractivity contribution in [1.29, 1.82) is 0 Å². The van der Waals surface area contributed by atoms with E-state index in [1.54, 1.807) is 0 Å². The fourth-order valence-electron chi connectivity index (χ4n) is 2.42. The summed E-state index contributed by atoms with van der Waals surface area (Å²) >= 11 is 2.26. The number of aryl methyl sites for hydroxylation is 1. The molecule has 1 saturated heterocycles. The summed E-state index contributed by atoms with van der Waals surface area (Å²) in [6.07, 6.45) is 4.11. The zero-order valence-electron chi connectivity index (χ0n) is 10.1. The molecule has 0 aromatic heterocycles. The van der Waals surface area contributed by atoms with Gasteiger partial charge in [0.05, 0.1) is 0 Å². The van der Waals surface area contributed by atoms with E-state index in [-0.39, 0.29) is 0 Å². The summed E-state index contributed by atoms with van der Waals surface area (Å²) < 4.78 is 1.47. The number of nitrogens with zero attached hydrogens (tertiary/aromatic N) is 1. The van der Waals surface area contributed by atoms with Gasteiger partial charge in [0.2, 0.25) is 0 Å². The Balaban J connectivity index is 2.31. The van der Waals surface area contributed by atoms with Crippen molar-refractivity contribution in [2.24, 2.45) is 0 Å². The second-order valence-electron chi connectivity index (χ2n) is 4.70. The van der Waals surface area contributed by atoms with E-state index in [9.17, 15) is 0 Å². The van der Waals surface area contributed by atoms with E-state index in [1.165, 1.54) is 53.4 Å². The molecule has 0 radical (unpaired) electrons. The molecule has 2 rings (SSSR count). The van der Waals surface area contributed by atoms with E-state index in [4.69, 9.17) is 0 Å². The Labute approximate surface area is 102 Å². The molecule has 2 heteroatoms. The Kier molecular flexibility index (Phi) is 3.44. The number of rotatable bonds is 1. The van der Waals surface area contributed by atoms with E-state index >= 15 is 0 Å². The van der Waals surface area contributed by atoms with Crippen molar-refractivity contribution in [3.05, 3.63) is 23.3 Å². The van der Waals surface area contributed by atoms with Crippen LogP contribution in [0.5, 0.6) is 0 Å². The van der Waals surface area contributed by atoms with Crippen molar-refractivity contribution in [3.63, 3.8) is 0 Å². The second-order valence-corrected chi connectivity index (χ2v) is 4.70. The third-order valence-corrected chi connectivity index (χ3v) is 3.73. The maximum atomic E-state index is 2.55. The second kappa shape index (κ2) is 4.64. The van der Waals surface area contributed by atoms with Gasteiger partial charge in [0.1, 0.15) is 0 Å². The molecule has 76 valence electrons. The van der Waals surface area contributed by atoms with Gasteiger partial charge in [0, 0.05) is 0 Å². The van der Waals surface area contributed by atoms with Gasteiger partial charge in [0.15, 0.2) is 0 Å². The van der Waals surface area contributed by atoms with Crippen LogP contribution < -0.4 is 9.14 Å². The predicted molar refractivity (Wildman–Crippen MR) is 67.4 cm³/mol. The fraction of sp³-hybridized carbons (Fsp3) is 0.538. The third-order valence-electron chi connectivity index (χ3n) is 3.73. The van der Waals surface area contributed by atoms with Gasteiger partial charge in [-0.05, 0) is 0 Å². The molecule has 0 aliphatic carbocycles. The molecule has 1 aromatic rings. The summed E-state index contributed by atoms with van der Waals surface area (Å²) in [5, 5.41) is 0. The zero-order chi connectivity index (χ0) is 10.8. The molecular formula is C13H18LiN. The van der Waals surface area contributed by atoms with Gasteiger partial charge in [-0.1, -0.05) is 0 Å². The molecular weight excluding hydrogens is 177 g/mol. The van der Waals surface area contributed by atoms with Crippen LogP contribution >= 0.6 is 0 Å². The Bertz CT molecular complexity index is 354. The summed E-state index contributed by atoms with van der Waals surface area (Å²) in [5.74, 6) is 0. The normalized spacial score (nSPS) is 16.9. The van der Waals surface area contributed by atoms with Crippen LogP contribution in [0.2, 0.25) is 0 Å². The molecule has 0 unspecified atom stereocenters. The predicted octanol–water partition coefficient (Wildman–Crippen LogP) is 2.09. The van der Waals surface area contributed by atoms with E-state index in [2.05, 4.69) is 48.6 Å². The molecule has 15 heavy (non-hydrogen) atoms. The SMILES string of the molecule is [Li][c]1c(N2CCCCC2)ccc(C)c1C. The summed E-state index contributed by atoms with van der Waals surface area (Å²) in [6, 6.07) is 4.55. The van der Waals surface area contributed by atoms with Crippen LogP contribution in [0.25, 0.3) is 0 Å². The van der Waals surface area contributed by atoms with Crippen LogP contribution in [0.4, 0.5) is 5.69 Å². The van der Waals surface area contributed by atoms with Gasteiger partial charge < -0.3 is 0 Å². The van der Waals surface area contributed by atoms with Crippen LogP contribution in [0, 0.1) is 13.8 Å². The summed E-state index contributed by atoms with van der Waals surface area (Å²) in [7, 11) is 0. The molecule has 0 spiro atoms. The number of anilines is 1.